The summed E-state index contributed by atoms with van der Waals surface area (Å²) in [5.41, 5.74) is 1.06. The third-order valence-corrected chi connectivity index (χ3v) is 2.96. The van der Waals surface area contributed by atoms with Crippen LogP contribution in [0.25, 0.3) is 11.3 Å². The SMILES string of the molecule is CNc1cc([N+](=O)[O-])cc(-c2ccc(OC)cc2OC)n1. The molecule has 0 aliphatic rings. The number of methoxy groups -OCH3 is 2. The fraction of sp³-hybridized carbons (Fsp3) is 0.214. The Bertz CT molecular complexity index is 673. The molecule has 0 spiro atoms. The number of rotatable bonds is 5. The monoisotopic (exact) mass is 289 g/mol. The van der Waals surface area contributed by atoms with E-state index in [9.17, 15) is 10.1 Å². The van der Waals surface area contributed by atoms with Gasteiger partial charge in [-0.25, -0.2) is 4.98 Å². The molecule has 110 valence electrons. The quantitative estimate of drug-likeness (QED) is 0.672. The lowest BCUT2D eigenvalue weighted by molar-refractivity contribution is -0.384. The van der Waals surface area contributed by atoms with E-state index in [4.69, 9.17) is 9.47 Å². The van der Waals surface area contributed by atoms with Gasteiger partial charge in [-0.15, -0.1) is 0 Å². The van der Waals surface area contributed by atoms with Crippen LogP contribution in [0.4, 0.5) is 11.5 Å². The van der Waals surface area contributed by atoms with E-state index in [1.807, 2.05) is 0 Å². The fourth-order valence-corrected chi connectivity index (χ4v) is 1.90. The maximum Gasteiger partial charge on any atom is 0.275 e. The van der Waals surface area contributed by atoms with Crippen molar-refractivity contribution in [2.45, 2.75) is 0 Å². The lowest BCUT2D eigenvalue weighted by Crippen LogP contribution is -1.98. The number of benzene rings is 1. The van der Waals surface area contributed by atoms with Gasteiger partial charge in [0, 0.05) is 24.7 Å². The minimum absolute atomic E-state index is 0.0396. The predicted octanol–water partition coefficient (Wildman–Crippen LogP) is 2.72. The highest BCUT2D eigenvalue weighted by atomic mass is 16.6. The van der Waals surface area contributed by atoms with E-state index in [1.165, 1.54) is 19.2 Å². The Balaban J connectivity index is 2.60. The van der Waals surface area contributed by atoms with E-state index >= 15 is 0 Å². The van der Waals surface area contributed by atoms with Crippen molar-refractivity contribution in [1.29, 1.82) is 0 Å². The molecule has 0 aliphatic heterocycles. The summed E-state index contributed by atoms with van der Waals surface area (Å²) < 4.78 is 10.4. The minimum Gasteiger partial charge on any atom is -0.497 e. The first-order valence-electron chi connectivity index (χ1n) is 6.15. The van der Waals surface area contributed by atoms with Crippen molar-refractivity contribution < 1.29 is 14.4 Å². The summed E-state index contributed by atoms with van der Waals surface area (Å²) in [7, 11) is 4.73. The molecule has 7 heteroatoms. The molecule has 0 amide bonds. The van der Waals surface area contributed by atoms with Crippen molar-refractivity contribution in [3.8, 4) is 22.8 Å². The Kier molecular flexibility index (Phi) is 4.22. The Morgan fingerprint density at radius 1 is 1.19 bits per heavy atom. The number of hydrogen-bond acceptors (Lipinski definition) is 6. The van der Waals surface area contributed by atoms with Crippen molar-refractivity contribution >= 4 is 11.5 Å². The normalized spacial score (nSPS) is 10.0. The number of aromatic nitrogens is 1. The first-order valence-corrected chi connectivity index (χ1v) is 6.15. The lowest BCUT2D eigenvalue weighted by atomic mass is 10.1. The maximum absolute atomic E-state index is 11.0. The average molecular weight is 289 g/mol. The zero-order valence-electron chi connectivity index (χ0n) is 11.9. The van der Waals surface area contributed by atoms with Crippen molar-refractivity contribution in [2.24, 2.45) is 0 Å². The summed E-state index contributed by atoms with van der Waals surface area (Å²) in [5, 5.41) is 13.8. The average Bonchev–Trinajstić information content (AvgIpc) is 2.53. The minimum atomic E-state index is -0.456. The maximum atomic E-state index is 11.0. The molecule has 1 heterocycles. The zero-order valence-corrected chi connectivity index (χ0v) is 11.9. The van der Waals surface area contributed by atoms with Crippen LogP contribution in [0.15, 0.2) is 30.3 Å². The number of pyridine rings is 1. The van der Waals surface area contributed by atoms with Crippen molar-refractivity contribution in [3.63, 3.8) is 0 Å². The van der Waals surface area contributed by atoms with Crippen LogP contribution in [-0.2, 0) is 0 Å². The molecule has 1 N–H and O–H groups in total. The van der Waals surface area contributed by atoms with E-state index in [-0.39, 0.29) is 5.69 Å². The molecule has 0 radical (unpaired) electrons. The van der Waals surface area contributed by atoms with Gasteiger partial charge in [0.15, 0.2) is 0 Å². The molecule has 21 heavy (non-hydrogen) atoms. The number of nitrogens with one attached hydrogen (secondary N) is 1. The van der Waals surface area contributed by atoms with Crippen molar-refractivity contribution in [1.82, 2.24) is 4.98 Å². The van der Waals surface area contributed by atoms with E-state index in [0.717, 1.165) is 0 Å². The van der Waals surface area contributed by atoms with E-state index < -0.39 is 4.92 Å². The highest BCUT2D eigenvalue weighted by Crippen LogP contribution is 2.34. The van der Waals surface area contributed by atoms with Gasteiger partial charge in [0.2, 0.25) is 0 Å². The van der Waals surface area contributed by atoms with Gasteiger partial charge in [-0.1, -0.05) is 0 Å². The molecular formula is C14H15N3O4. The molecule has 0 bridgehead atoms. The second-order valence-electron chi connectivity index (χ2n) is 4.17. The van der Waals surface area contributed by atoms with Crippen LogP contribution < -0.4 is 14.8 Å². The molecule has 2 aromatic rings. The summed E-state index contributed by atoms with van der Waals surface area (Å²) in [6.07, 6.45) is 0. The summed E-state index contributed by atoms with van der Waals surface area (Å²) in [5.74, 6) is 1.58. The van der Waals surface area contributed by atoms with Gasteiger partial charge >= 0.3 is 0 Å². The molecule has 0 atom stereocenters. The third kappa shape index (κ3) is 3.02. The van der Waals surface area contributed by atoms with Gasteiger partial charge in [0.05, 0.1) is 30.9 Å². The Morgan fingerprint density at radius 2 is 1.95 bits per heavy atom. The molecule has 2 rings (SSSR count). The number of nitro groups is 1. The van der Waals surface area contributed by atoms with E-state index in [0.29, 0.717) is 28.6 Å². The highest BCUT2D eigenvalue weighted by molar-refractivity contribution is 5.72. The molecule has 1 aromatic heterocycles. The Hall–Kier alpha value is -2.83. The lowest BCUT2D eigenvalue weighted by Gasteiger charge is -2.11. The van der Waals surface area contributed by atoms with Crippen LogP contribution in [0.1, 0.15) is 0 Å². The predicted molar refractivity (Wildman–Crippen MR) is 79.0 cm³/mol. The van der Waals surface area contributed by atoms with E-state index in [2.05, 4.69) is 10.3 Å². The molecule has 7 nitrogen and oxygen atoms in total. The fourth-order valence-electron chi connectivity index (χ4n) is 1.90. The number of ether oxygens (including phenoxy) is 2. The van der Waals surface area contributed by atoms with E-state index in [1.54, 1.807) is 32.4 Å². The van der Waals surface area contributed by atoms with Crippen LogP contribution >= 0.6 is 0 Å². The highest BCUT2D eigenvalue weighted by Gasteiger charge is 2.15. The molecule has 0 saturated heterocycles. The third-order valence-electron chi connectivity index (χ3n) is 2.96. The van der Waals surface area contributed by atoms with Gasteiger partial charge in [-0.2, -0.15) is 0 Å². The smallest absolute Gasteiger partial charge is 0.275 e. The van der Waals surface area contributed by atoms with Gasteiger partial charge in [-0.3, -0.25) is 10.1 Å². The van der Waals surface area contributed by atoms with Crippen LogP contribution in [0, 0.1) is 10.1 Å². The number of nitrogens with zero attached hydrogens (tertiary/aromatic N) is 2. The van der Waals surface area contributed by atoms with Crippen molar-refractivity contribution in [3.05, 3.63) is 40.4 Å². The number of hydrogen-bond donors (Lipinski definition) is 1. The zero-order chi connectivity index (χ0) is 15.4. The molecule has 0 fully saturated rings. The molecule has 0 unspecified atom stereocenters. The second-order valence-corrected chi connectivity index (χ2v) is 4.17. The van der Waals surface area contributed by atoms with Crippen LogP contribution in [0.5, 0.6) is 11.5 Å². The standard InChI is InChI=1S/C14H15N3O4/c1-15-14-7-9(17(18)19)6-12(16-14)11-5-4-10(20-2)8-13(11)21-3/h4-8H,1-3H3,(H,15,16). The van der Waals surface area contributed by atoms with Gasteiger partial charge < -0.3 is 14.8 Å². The molecule has 0 aliphatic carbocycles. The summed E-state index contributed by atoms with van der Waals surface area (Å²) in [4.78, 5) is 14.9. The Labute approximate surface area is 121 Å². The van der Waals surface area contributed by atoms with Crippen LogP contribution in [-0.4, -0.2) is 31.2 Å². The summed E-state index contributed by atoms with van der Waals surface area (Å²) >= 11 is 0. The van der Waals surface area contributed by atoms with Gasteiger partial charge in [0.25, 0.3) is 5.69 Å². The molecule has 1 aromatic carbocycles. The molecular weight excluding hydrogens is 274 g/mol. The van der Waals surface area contributed by atoms with Gasteiger partial charge in [-0.05, 0) is 12.1 Å². The van der Waals surface area contributed by atoms with Crippen LogP contribution in [0.3, 0.4) is 0 Å². The summed E-state index contributed by atoms with van der Waals surface area (Å²) in [6, 6.07) is 7.99. The Morgan fingerprint density at radius 3 is 2.52 bits per heavy atom. The second kappa shape index (κ2) is 6.08. The topological polar surface area (TPSA) is 86.5 Å². The first kappa shape index (κ1) is 14.6. The van der Waals surface area contributed by atoms with Gasteiger partial charge in [0.1, 0.15) is 17.3 Å². The summed E-state index contributed by atoms with van der Waals surface area (Å²) in [6.45, 7) is 0. The van der Waals surface area contributed by atoms with Crippen molar-refractivity contribution in [2.75, 3.05) is 26.6 Å². The largest absolute Gasteiger partial charge is 0.497 e. The number of anilines is 1. The molecule has 0 saturated carbocycles. The van der Waals surface area contributed by atoms with Crippen LogP contribution in [0.2, 0.25) is 0 Å². The first-order chi connectivity index (χ1) is 10.1.